The summed E-state index contributed by atoms with van der Waals surface area (Å²) in [5, 5.41) is 11.5. The number of aromatic nitrogens is 3. The quantitative estimate of drug-likeness (QED) is 0.486. The molecule has 3 aromatic rings. The van der Waals surface area contributed by atoms with Gasteiger partial charge in [0.05, 0.1) is 20.9 Å². The van der Waals surface area contributed by atoms with E-state index in [1.165, 1.54) is 11.8 Å². The van der Waals surface area contributed by atoms with E-state index < -0.39 is 15.1 Å². The number of thioether (sulfide) groups is 1. The number of halogens is 1. The van der Waals surface area contributed by atoms with Gasteiger partial charge >= 0.3 is 0 Å². The number of amides is 1. The summed E-state index contributed by atoms with van der Waals surface area (Å²) in [6, 6.07) is 13.7. The molecule has 3 rings (SSSR count). The van der Waals surface area contributed by atoms with Crippen molar-refractivity contribution in [3.8, 4) is 0 Å². The number of para-hydroxylation sites is 1. The van der Waals surface area contributed by atoms with Gasteiger partial charge in [0, 0.05) is 7.05 Å². The number of sulfone groups is 1. The zero-order valence-corrected chi connectivity index (χ0v) is 19.8. The SMILES string of the molecule is CCC(Sc1nnc(CS(=O)(=O)c2ccc(C)cc2)n1C)C(=O)Nc1ccccc1Cl. The van der Waals surface area contributed by atoms with Crippen molar-refractivity contribution in [2.24, 2.45) is 7.05 Å². The molecule has 0 aliphatic rings. The molecule has 7 nitrogen and oxygen atoms in total. The number of benzene rings is 2. The predicted molar refractivity (Wildman–Crippen MR) is 123 cm³/mol. The predicted octanol–water partition coefficient (Wildman–Crippen LogP) is 4.26. The molecule has 0 saturated carbocycles. The fourth-order valence-corrected chi connectivity index (χ4v) is 5.23. The maximum Gasteiger partial charge on any atom is 0.238 e. The van der Waals surface area contributed by atoms with Gasteiger partial charge in [-0.2, -0.15) is 0 Å². The van der Waals surface area contributed by atoms with Gasteiger partial charge in [-0.3, -0.25) is 4.79 Å². The standard InChI is InChI=1S/C21H23ClN4O3S2/c1-4-18(20(27)23-17-8-6-5-7-16(17)22)30-21-25-24-19(26(21)3)13-31(28,29)15-11-9-14(2)10-12-15/h5-12,18H,4,13H2,1-3H3,(H,23,27). The van der Waals surface area contributed by atoms with Crippen LogP contribution >= 0.6 is 23.4 Å². The van der Waals surface area contributed by atoms with Gasteiger partial charge in [-0.05, 0) is 37.6 Å². The van der Waals surface area contributed by atoms with Crippen molar-refractivity contribution in [2.75, 3.05) is 5.32 Å². The maximum absolute atomic E-state index is 12.7. The number of hydrogen-bond acceptors (Lipinski definition) is 6. The largest absolute Gasteiger partial charge is 0.324 e. The van der Waals surface area contributed by atoms with Gasteiger partial charge in [-0.25, -0.2) is 8.42 Å². The molecule has 0 aliphatic heterocycles. The average Bonchev–Trinajstić information content (AvgIpc) is 3.06. The highest BCUT2D eigenvalue weighted by atomic mass is 35.5. The summed E-state index contributed by atoms with van der Waals surface area (Å²) in [6.45, 7) is 3.79. The van der Waals surface area contributed by atoms with E-state index in [4.69, 9.17) is 11.6 Å². The van der Waals surface area contributed by atoms with E-state index in [9.17, 15) is 13.2 Å². The Labute approximate surface area is 191 Å². The summed E-state index contributed by atoms with van der Waals surface area (Å²) in [5.74, 6) is -0.176. The van der Waals surface area contributed by atoms with E-state index in [1.807, 2.05) is 13.8 Å². The van der Waals surface area contributed by atoms with Crippen LogP contribution in [0.4, 0.5) is 5.69 Å². The van der Waals surface area contributed by atoms with Gasteiger partial charge in [-0.1, -0.05) is 60.1 Å². The molecule has 1 atom stereocenters. The fraction of sp³-hybridized carbons (Fsp3) is 0.286. The van der Waals surface area contributed by atoms with E-state index in [1.54, 1.807) is 60.1 Å². The van der Waals surface area contributed by atoms with Crippen LogP contribution in [0, 0.1) is 6.92 Å². The molecule has 10 heteroatoms. The Bertz CT molecular complexity index is 1180. The van der Waals surface area contributed by atoms with Gasteiger partial charge in [0.15, 0.2) is 15.0 Å². The molecule has 1 amide bonds. The molecular formula is C21H23ClN4O3S2. The summed E-state index contributed by atoms with van der Waals surface area (Å²) >= 11 is 7.35. The number of hydrogen-bond donors (Lipinski definition) is 1. The topological polar surface area (TPSA) is 93.9 Å². The Kier molecular flexibility index (Phi) is 7.40. The number of nitrogens with zero attached hydrogens (tertiary/aromatic N) is 3. The maximum atomic E-state index is 12.7. The summed E-state index contributed by atoms with van der Waals surface area (Å²) < 4.78 is 27.1. The summed E-state index contributed by atoms with van der Waals surface area (Å²) in [4.78, 5) is 13.0. The molecule has 1 unspecified atom stereocenters. The van der Waals surface area contributed by atoms with E-state index in [2.05, 4.69) is 15.5 Å². The molecule has 0 radical (unpaired) electrons. The first-order valence-electron chi connectivity index (χ1n) is 9.61. The minimum atomic E-state index is -3.56. The van der Waals surface area contributed by atoms with Crippen LogP contribution in [0.5, 0.6) is 0 Å². The highest BCUT2D eigenvalue weighted by Gasteiger charge is 2.24. The third-order valence-corrected chi connectivity index (χ3v) is 8.02. The molecule has 1 aromatic heterocycles. The average molecular weight is 479 g/mol. The second-order valence-electron chi connectivity index (χ2n) is 7.01. The molecular weight excluding hydrogens is 456 g/mol. The number of nitrogens with one attached hydrogen (secondary N) is 1. The van der Waals surface area contributed by atoms with Gasteiger partial charge in [0.25, 0.3) is 0 Å². The summed E-state index contributed by atoms with van der Waals surface area (Å²) in [6.07, 6.45) is 0.546. The van der Waals surface area contributed by atoms with Crippen LogP contribution in [0.25, 0.3) is 0 Å². The van der Waals surface area contributed by atoms with Crippen molar-refractivity contribution in [3.05, 3.63) is 64.9 Å². The van der Waals surface area contributed by atoms with Crippen LogP contribution < -0.4 is 5.32 Å². The van der Waals surface area contributed by atoms with Crippen molar-refractivity contribution in [1.29, 1.82) is 0 Å². The molecule has 0 spiro atoms. The normalized spacial score (nSPS) is 12.5. The van der Waals surface area contributed by atoms with Crippen LogP contribution in [0.1, 0.15) is 24.7 Å². The van der Waals surface area contributed by atoms with Crippen molar-refractivity contribution < 1.29 is 13.2 Å². The molecule has 164 valence electrons. The van der Waals surface area contributed by atoms with Gasteiger partial charge < -0.3 is 9.88 Å². The molecule has 1 N–H and O–H groups in total. The number of carbonyl (C=O) groups excluding carboxylic acids is 1. The molecule has 2 aromatic carbocycles. The lowest BCUT2D eigenvalue weighted by Crippen LogP contribution is -2.25. The van der Waals surface area contributed by atoms with Crippen LogP contribution in [-0.4, -0.2) is 34.3 Å². The van der Waals surface area contributed by atoms with Gasteiger partial charge in [0.1, 0.15) is 11.6 Å². The van der Waals surface area contributed by atoms with E-state index in [0.717, 1.165) is 5.56 Å². The Morgan fingerprint density at radius 3 is 2.48 bits per heavy atom. The van der Waals surface area contributed by atoms with Gasteiger partial charge in [-0.15, -0.1) is 10.2 Å². The first-order valence-corrected chi connectivity index (χ1v) is 12.5. The number of aryl methyl sites for hydroxylation is 1. The number of rotatable bonds is 8. The molecule has 31 heavy (non-hydrogen) atoms. The summed E-state index contributed by atoms with van der Waals surface area (Å²) in [7, 11) is -1.87. The van der Waals surface area contributed by atoms with E-state index in [0.29, 0.717) is 28.1 Å². The number of anilines is 1. The van der Waals surface area contributed by atoms with E-state index in [-0.39, 0.29) is 16.6 Å². The Hall–Kier alpha value is -2.36. The second-order valence-corrected chi connectivity index (χ2v) is 10.6. The van der Waals surface area contributed by atoms with Crippen LogP contribution in [0.2, 0.25) is 5.02 Å². The minimum absolute atomic E-state index is 0.211. The molecule has 1 heterocycles. The monoisotopic (exact) mass is 478 g/mol. The lowest BCUT2D eigenvalue weighted by atomic mass is 10.2. The molecule has 0 fully saturated rings. The van der Waals surface area contributed by atoms with Crippen molar-refractivity contribution >= 4 is 44.8 Å². The molecule has 0 bridgehead atoms. The smallest absolute Gasteiger partial charge is 0.238 e. The zero-order chi connectivity index (χ0) is 22.6. The third kappa shape index (κ3) is 5.66. The summed E-state index contributed by atoms with van der Waals surface area (Å²) in [5.41, 5.74) is 1.52. The van der Waals surface area contributed by atoms with Gasteiger partial charge in [0.2, 0.25) is 5.91 Å². The Balaban J connectivity index is 1.73. The fourth-order valence-electron chi connectivity index (χ4n) is 2.80. The molecule has 0 aliphatic carbocycles. The lowest BCUT2D eigenvalue weighted by molar-refractivity contribution is -0.115. The van der Waals surface area contributed by atoms with Crippen molar-refractivity contribution in [2.45, 2.75) is 41.3 Å². The second kappa shape index (κ2) is 9.84. The minimum Gasteiger partial charge on any atom is -0.324 e. The Morgan fingerprint density at radius 1 is 1.16 bits per heavy atom. The van der Waals surface area contributed by atoms with Crippen LogP contribution in [-0.2, 0) is 27.4 Å². The highest BCUT2D eigenvalue weighted by Crippen LogP contribution is 2.28. The highest BCUT2D eigenvalue weighted by molar-refractivity contribution is 8.00. The molecule has 0 saturated heterocycles. The van der Waals surface area contributed by atoms with Crippen molar-refractivity contribution in [3.63, 3.8) is 0 Å². The first kappa shape index (κ1) is 23.3. The Morgan fingerprint density at radius 2 is 1.84 bits per heavy atom. The number of carbonyl (C=O) groups is 1. The van der Waals surface area contributed by atoms with Crippen LogP contribution in [0.3, 0.4) is 0 Å². The first-order chi connectivity index (χ1) is 14.7. The van der Waals surface area contributed by atoms with Crippen molar-refractivity contribution in [1.82, 2.24) is 14.8 Å². The zero-order valence-electron chi connectivity index (χ0n) is 17.4. The van der Waals surface area contributed by atoms with E-state index >= 15 is 0 Å². The third-order valence-electron chi connectivity index (χ3n) is 4.67. The lowest BCUT2D eigenvalue weighted by Gasteiger charge is -2.15. The van der Waals surface area contributed by atoms with Crippen LogP contribution in [0.15, 0.2) is 58.6 Å².